The van der Waals surface area contributed by atoms with Crippen molar-refractivity contribution in [3.05, 3.63) is 48.5 Å². The molecule has 0 radical (unpaired) electrons. The fourth-order valence-electron chi connectivity index (χ4n) is 2.60. The number of nitrogens with zero attached hydrogens (tertiary/aromatic N) is 6. The zero-order valence-corrected chi connectivity index (χ0v) is 13.6. The SMILES string of the molecule is N#CCC[C@H](C#N)Cn1cnc2c(NCc3ccccc3)ncnc21. The van der Waals surface area contributed by atoms with Crippen LogP contribution in [0.25, 0.3) is 11.2 Å². The van der Waals surface area contributed by atoms with Gasteiger partial charge in [-0.2, -0.15) is 10.5 Å². The Morgan fingerprint density at radius 2 is 1.96 bits per heavy atom. The zero-order chi connectivity index (χ0) is 17.5. The lowest BCUT2D eigenvalue weighted by Crippen LogP contribution is -2.09. The number of benzene rings is 1. The predicted octanol–water partition coefficient (Wildman–Crippen LogP) is 2.88. The molecule has 25 heavy (non-hydrogen) atoms. The molecule has 0 unspecified atom stereocenters. The van der Waals surface area contributed by atoms with E-state index in [4.69, 9.17) is 5.26 Å². The zero-order valence-electron chi connectivity index (χ0n) is 13.6. The van der Waals surface area contributed by atoms with Crippen molar-refractivity contribution in [2.45, 2.75) is 25.9 Å². The topological polar surface area (TPSA) is 103 Å². The van der Waals surface area contributed by atoms with Crippen LogP contribution < -0.4 is 5.32 Å². The Morgan fingerprint density at radius 3 is 2.72 bits per heavy atom. The van der Waals surface area contributed by atoms with Gasteiger partial charge in [-0.05, 0) is 12.0 Å². The maximum absolute atomic E-state index is 9.25. The summed E-state index contributed by atoms with van der Waals surface area (Å²) in [6.07, 6.45) is 4.06. The van der Waals surface area contributed by atoms with E-state index in [0.717, 1.165) is 5.56 Å². The molecule has 124 valence electrons. The van der Waals surface area contributed by atoms with Crippen molar-refractivity contribution in [3.63, 3.8) is 0 Å². The van der Waals surface area contributed by atoms with E-state index in [0.29, 0.717) is 42.9 Å². The lowest BCUT2D eigenvalue weighted by Gasteiger charge is -2.09. The molecule has 3 rings (SSSR count). The van der Waals surface area contributed by atoms with Crippen LogP contribution in [0.4, 0.5) is 5.82 Å². The minimum Gasteiger partial charge on any atom is -0.364 e. The van der Waals surface area contributed by atoms with Crippen molar-refractivity contribution < 1.29 is 0 Å². The predicted molar refractivity (Wildman–Crippen MR) is 93.0 cm³/mol. The molecule has 0 fully saturated rings. The average Bonchev–Trinajstić information content (AvgIpc) is 3.07. The highest BCUT2D eigenvalue weighted by molar-refractivity contribution is 5.82. The summed E-state index contributed by atoms with van der Waals surface area (Å²) < 4.78 is 1.84. The maximum atomic E-state index is 9.25. The van der Waals surface area contributed by atoms with Gasteiger partial charge < -0.3 is 9.88 Å². The van der Waals surface area contributed by atoms with Gasteiger partial charge >= 0.3 is 0 Å². The highest BCUT2D eigenvalue weighted by Gasteiger charge is 2.14. The molecule has 7 nitrogen and oxygen atoms in total. The summed E-state index contributed by atoms with van der Waals surface area (Å²) in [5.41, 5.74) is 2.51. The van der Waals surface area contributed by atoms with E-state index in [1.54, 1.807) is 6.33 Å². The second-order valence-corrected chi connectivity index (χ2v) is 5.65. The number of rotatable bonds is 7. The molecule has 0 aliphatic carbocycles. The average molecular weight is 331 g/mol. The van der Waals surface area contributed by atoms with Gasteiger partial charge in [-0.1, -0.05) is 30.3 Å². The number of nitrogens with one attached hydrogen (secondary N) is 1. The third-order valence-electron chi connectivity index (χ3n) is 3.91. The first-order valence-corrected chi connectivity index (χ1v) is 8.02. The summed E-state index contributed by atoms with van der Waals surface area (Å²) in [4.78, 5) is 13.0. The fraction of sp³-hybridized carbons (Fsp3) is 0.278. The normalized spacial score (nSPS) is 11.6. The third-order valence-corrected chi connectivity index (χ3v) is 3.91. The van der Waals surface area contributed by atoms with Crippen LogP contribution in [0.15, 0.2) is 43.0 Å². The van der Waals surface area contributed by atoms with E-state index in [2.05, 4.69) is 32.4 Å². The van der Waals surface area contributed by atoms with Gasteiger partial charge in [-0.15, -0.1) is 0 Å². The van der Waals surface area contributed by atoms with Crippen LogP contribution in [-0.2, 0) is 13.1 Å². The molecule has 2 aromatic heterocycles. The number of aromatic nitrogens is 4. The van der Waals surface area contributed by atoms with Crippen LogP contribution >= 0.6 is 0 Å². The Hall–Kier alpha value is -3.45. The minimum atomic E-state index is -0.243. The van der Waals surface area contributed by atoms with Gasteiger partial charge in [0.2, 0.25) is 0 Å². The van der Waals surface area contributed by atoms with Crippen LogP contribution in [0, 0.1) is 28.6 Å². The number of anilines is 1. The van der Waals surface area contributed by atoms with Gasteiger partial charge in [-0.25, -0.2) is 15.0 Å². The molecule has 0 saturated carbocycles. The summed E-state index contributed by atoms with van der Waals surface area (Å²) in [6.45, 7) is 1.10. The van der Waals surface area contributed by atoms with Crippen LogP contribution in [0.2, 0.25) is 0 Å². The maximum Gasteiger partial charge on any atom is 0.165 e. The quantitative estimate of drug-likeness (QED) is 0.714. The molecule has 0 spiro atoms. The number of fused-ring (bicyclic) bond motifs is 1. The van der Waals surface area contributed by atoms with Gasteiger partial charge in [0, 0.05) is 19.5 Å². The number of hydrogen-bond donors (Lipinski definition) is 1. The first-order chi connectivity index (χ1) is 12.3. The summed E-state index contributed by atoms with van der Waals surface area (Å²) >= 11 is 0. The molecule has 0 amide bonds. The summed E-state index contributed by atoms with van der Waals surface area (Å²) in [6, 6.07) is 14.4. The second kappa shape index (κ2) is 7.89. The smallest absolute Gasteiger partial charge is 0.165 e. The summed E-state index contributed by atoms with van der Waals surface area (Å²) in [5, 5.41) is 21.2. The van der Waals surface area contributed by atoms with Crippen molar-refractivity contribution >= 4 is 17.0 Å². The number of hydrogen-bond acceptors (Lipinski definition) is 6. The van der Waals surface area contributed by atoms with E-state index < -0.39 is 0 Å². The summed E-state index contributed by atoms with van der Waals surface area (Å²) in [7, 11) is 0. The van der Waals surface area contributed by atoms with Crippen molar-refractivity contribution in [2.75, 3.05) is 5.32 Å². The molecule has 0 aliphatic heterocycles. The van der Waals surface area contributed by atoms with Crippen molar-refractivity contribution in [1.82, 2.24) is 19.5 Å². The standard InChI is InChI=1S/C18H17N7/c19-8-4-7-15(9-20)11-25-13-24-16-17(22-12-23-18(16)25)21-10-14-5-2-1-3-6-14/h1-3,5-6,12-13,15H,4,7,10-11H2,(H,21,22,23)/t15-/m1/s1. The molecule has 2 heterocycles. The highest BCUT2D eigenvalue weighted by atomic mass is 15.1. The molecule has 3 aromatic rings. The fourth-order valence-corrected chi connectivity index (χ4v) is 2.60. The van der Waals surface area contributed by atoms with Crippen molar-refractivity contribution in [3.8, 4) is 12.1 Å². The first-order valence-electron chi connectivity index (χ1n) is 8.02. The molecule has 1 N–H and O–H groups in total. The largest absolute Gasteiger partial charge is 0.364 e. The van der Waals surface area contributed by atoms with E-state index in [1.165, 1.54) is 6.33 Å². The monoisotopic (exact) mass is 331 g/mol. The minimum absolute atomic E-state index is 0.243. The van der Waals surface area contributed by atoms with Gasteiger partial charge in [0.05, 0.1) is 24.4 Å². The van der Waals surface area contributed by atoms with E-state index >= 15 is 0 Å². The Bertz CT molecular complexity index is 918. The van der Waals surface area contributed by atoms with Crippen LogP contribution in [-0.4, -0.2) is 19.5 Å². The molecule has 7 heteroatoms. The first kappa shape index (κ1) is 16.4. The van der Waals surface area contributed by atoms with Crippen LogP contribution in [0.5, 0.6) is 0 Å². The Labute approximate surface area is 145 Å². The van der Waals surface area contributed by atoms with Gasteiger partial charge in [0.1, 0.15) is 11.8 Å². The van der Waals surface area contributed by atoms with Crippen molar-refractivity contribution in [2.24, 2.45) is 5.92 Å². The number of nitriles is 2. The molecule has 0 aliphatic rings. The van der Waals surface area contributed by atoms with E-state index in [9.17, 15) is 5.26 Å². The lowest BCUT2D eigenvalue weighted by atomic mass is 10.1. The third kappa shape index (κ3) is 3.91. The van der Waals surface area contributed by atoms with Crippen molar-refractivity contribution in [1.29, 1.82) is 10.5 Å². The van der Waals surface area contributed by atoms with Gasteiger partial charge in [-0.3, -0.25) is 0 Å². The second-order valence-electron chi connectivity index (χ2n) is 5.65. The lowest BCUT2D eigenvalue weighted by molar-refractivity contribution is 0.517. The van der Waals surface area contributed by atoms with Crippen LogP contribution in [0.1, 0.15) is 18.4 Å². The molecule has 1 aromatic carbocycles. The molecular weight excluding hydrogens is 314 g/mol. The molecule has 0 saturated heterocycles. The Morgan fingerprint density at radius 1 is 1.12 bits per heavy atom. The highest BCUT2D eigenvalue weighted by Crippen LogP contribution is 2.20. The van der Waals surface area contributed by atoms with Gasteiger partial charge in [0.25, 0.3) is 0 Å². The molecular formula is C18H17N7. The van der Waals surface area contributed by atoms with E-state index in [-0.39, 0.29) is 5.92 Å². The molecule has 0 bridgehead atoms. The van der Waals surface area contributed by atoms with Gasteiger partial charge in [0.15, 0.2) is 11.5 Å². The summed E-state index contributed by atoms with van der Waals surface area (Å²) in [5.74, 6) is 0.422. The Balaban J connectivity index is 1.78. The molecule has 1 atom stereocenters. The Kier molecular flexibility index (Phi) is 5.18. The van der Waals surface area contributed by atoms with E-state index in [1.807, 2.05) is 34.9 Å². The number of imidazole rings is 1. The van der Waals surface area contributed by atoms with Crippen LogP contribution in [0.3, 0.4) is 0 Å².